The van der Waals surface area contributed by atoms with Gasteiger partial charge in [-0.1, -0.05) is 35.3 Å². The lowest BCUT2D eigenvalue weighted by molar-refractivity contribution is 0.0690. The monoisotopic (exact) mass is 779 g/mol. The van der Waals surface area contributed by atoms with Crippen LogP contribution < -0.4 is 22.5 Å². The zero-order chi connectivity index (χ0) is 39.4. The molecule has 0 saturated heterocycles. The van der Waals surface area contributed by atoms with Gasteiger partial charge in [0.25, 0.3) is 11.8 Å². The van der Waals surface area contributed by atoms with Crippen molar-refractivity contribution in [2.45, 2.75) is 40.0 Å². The minimum atomic E-state index is -1.22. The number of amides is 2. The van der Waals surface area contributed by atoms with Gasteiger partial charge in [-0.05, 0) is 78.6 Å². The van der Waals surface area contributed by atoms with Crippen molar-refractivity contribution in [1.29, 1.82) is 0 Å². The summed E-state index contributed by atoms with van der Waals surface area (Å²) in [6, 6.07) is 16.9. The fraction of sp³-hybridized carbons (Fsp3) is 0.158. The van der Waals surface area contributed by atoms with Crippen molar-refractivity contribution < 1.29 is 19.5 Å². The van der Waals surface area contributed by atoms with Gasteiger partial charge in [0.15, 0.2) is 11.5 Å². The van der Waals surface area contributed by atoms with E-state index >= 15 is 0 Å². The second-order valence-electron chi connectivity index (χ2n) is 12.6. The van der Waals surface area contributed by atoms with Gasteiger partial charge in [0.05, 0.1) is 27.6 Å². The molecule has 0 atom stereocenters. The van der Waals surface area contributed by atoms with Gasteiger partial charge in [-0.2, -0.15) is 0 Å². The number of halogens is 2. The third-order valence-corrected chi connectivity index (χ3v) is 9.03. The Morgan fingerprint density at radius 2 is 1.38 bits per heavy atom. The summed E-state index contributed by atoms with van der Waals surface area (Å²) in [6.07, 6.45) is 6.19. The van der Waals surface area contributed by atoms with E-state index < -0.39 is 11.9 Å². The van der Waals surface area contributed by atoms with Gasteiger partial charge in [-0.3, -0.25) is 19.6 Å². The predicted octanol–water partition coefficient (Wildman–Crippen LogP) is 5.05. The normalized spacial score (nSPS) is 11.0. The quantitative estimate of drug-likeness (QED) is 0.123. The van der Waals surface area contributed by atoms with Crippen molar-refractivity contribution in [3.8, 4) is 0 Å². The van der Waals surface area contributed by atoms with Crippen molar-refractivity contribution in [3.63, 3.8) is 0 Å². The first-order valence-corrected chi connectivity index (χ1v) is 17.5. The summed E-state index contributed by atoms with van der Waals surface area (Å²) in [5.41, 5.74) is 23.2. The van der Waals surface area contributed by atoms with E-state index in [2.05, 4.69) is 30.2 Å². The van der Waals surface area contributed by atoms with E-state index in [4.69, 9.17) is 45.5 Å². The first-order chi connectivity index (χ1) is 26.3. The van der Waals surface area contributed by atoms with E-state index in [1.807, 2.05) is 60.9 Å². The van der Waals surface area contributed by atoms with Crippen molar-refractivity contribution in [1.82, 2.24) is 39.4 Å². The zero-order valence-corrected chi connectivity index (χ0v) is 31.1. The van der Waals surface area contributed by atoms with Crippen LogP contribution in [0.4, 0.5) is 5.82 Å². The Morgan fingerprint density at radius 1 is 0.800 bits per heavy atom. The van der Waals surface area contributed by atoms with Gasteiger partial charge >= 0.3 is 5.97 Å². The number of primary amides is 1. The molecule has 7 rings (SSSR count). The maximum Gasteiger partial charge on any atom is 0.356 e. The Balaban J connectivity index is 0.000000197. The molecular weight excluding hydrogens is 745 g/mol. The number of fused-ring (bicyclic) bond motifs is 2. The number of aromatic nitrogens is 7. The highest BCUT2D eigenvalue weighted by Crippen LogP contribution is 2.21. The number of carboxylic acids is 1. The van der Waals surface area contributed by atoms with Crippen LogP contribution in [0.1, 0.15) is 65.4 Å². The Hall–Kier alpha value is -6.42. The molecule has 0 aliphatic rings. The SMILES string of the molecule is Cc1cc(N)nc(C)c1CNC(=O)c1cn(Cc2ccc3ncc(Cl)cc3c2)c(CN)n1.NC(=O)c1nc(C(=O)O)cn1Cc1ccc2ncc(Cl)cc2c1. The minimum absolute atomic E-state index is 0.105. The Morgan fingerprint density at radius 3 is 1.93 bits per heavy atom. The number of nitrogens with zero attached hydrogens (tertiary/aromatic N) is 7. The Kier molecular flexibility index (Phi) is 11.4. The molecule has 2 amide bonds. The molecule has 5 aromatic heterocycles. The predicted molar refractivity (Wildman–Crippen MR) is 209 cm³/mol. The number of imidazole rings is 2. The molecule has 0 aliphatic heterocycles. The highest BCUT2D eigenvalue weighted by atomic mass is 35.5. The third-order valence-electron chi connectivity index (χ3n) is 8.62. The summed E-state index contributed by atoms with van der Waals surface area (Å²) in [5.74, 6) is -1.30. The summed E-state index contributed by atoms with van der Waals surface area (Å²) < 4.78 is 3.29. The number of nitrogens with one attached hydrogen (secondary N) is 1. The lowest BCUT2D eigenvalue weighted by Gasteiger charge is -2.10. The minimum Gasteiger partial charge on any atom is -0.476 e. The topological polar surface area (TPSA) is 236 Å². The van der Waals surface area contributed by atoms with E-state index in [9.17, 15) is 14.4 Å². The standard InChI is InChI=1S/C23H24ClN7O.C15H11ClN4O3/c1-13-5-21(26)29-14(2)18(13)10-28-23(32)20-12-31(22(8-25)30-20)11-15-3-4-19-16(6-15)7-17(24)9-27-19;16-10-4-9-3-8(1-2-11(9)18-5-10)6-20-7-12(15(22)23)19-14(20)13(17)21/h3-7,9,12H,8,10-11,25H2,1-2H3,(H2,26,29)(H,28,32);1-5,7H,6H2,(H2,17,21)(H,22,23). The molecule has 8 N–H and O–H groups in total. The number of benzene rings is 2. The third kappa shape index (κ3) is 9.04. The lowest BCUT2D eigenvalue weighted by Crippen LogP contribution is -2.24. The fourth-order valence-electron chi connectivity index (χ4n) is 6.01. The number of carboxylic acid groups (broad SMARTS) is 1. The molecule has 2 aromatic carbocycles. The van der Waals surface area contributed by atoms with Gasteiger partial charge in [0, 0.05) is 60.9 Å². The van der Waals surface area contributed by atoms with E-state index in [1.54, 1.807) is 30.7 Å². The number of nitrogens with two attached hydrogens (primary N) is 3. The van der Waals surface area contributed by atoms with Gasteiger partial charge in [0.1, 0.15) is 17.3 Å². The molecule has 0 unspecified atom stereocenters. The van der Waals surface area contributed by atoms with E-state index in [-0.39, 0.29) is 30.5 Å². The Bertz CT molecular complexity index is 2580. The first kappa shape index (κ1) is 38.3. The summed E-state index contributed by atoms with van der Waals surface area (Å²) in [6.45, 7) is 5.15. The average molecular weight is 781 g/mol. The molecule has 0 bridgehead atoms. The van der Waals surface area contributed by atoms with Gasteiger partial charge in [-0.25, -0.2) is 19.7 Å². The molecule has 0 saturated carbocycles. The molecule has 0 aliphatic carbocycles. The molecule has 15 nitrogen and oxygen atoms in total. The lowest BCUT2D eigenvalue weighted by atomic mass is 10.1. The molecule has 7 aromatic rings. The maximum atomic E-state index is 12.8. The number of hydrogen-bond acceptors (Lipinski definition) is 10. The van der Waals surface area contributed by atoms with Crippen LogP contribution in [0.2, 0.25) is 10.0 Å². The van der Waals surface area contributed by atoms with Crippen LogP contribution >= 0.6 is 23.2 Å². The van der Waals surface area contributed by atoms with E-state index in [0.717, 1.165) is 49.8 Å². The van der Waals surface area contributed by atoms with Gasteiger partial charge < -0.3 is 36.8 Å². The maximum absolute atomic E-state index is 12.8. The highest BCUT2D eigenvalue weighted by Gasteiger charge is 2.18. The molecule has 0 spiro atoms. The van der Waals surface area contributed by atoms with Crippen LogP contribution in [0.5, 0.6) is 0 Å². The van der Waals surface area contributed by atoms with Crippen LogP contribution in [0, 0.1) is 13.8 Å². The van der Waals surface area contributed by atoms with Gasteiger partial charge in [0.2, 0.25) is 0 Å². The number of carbonyl (C=O) groups excluding carboxylic acids is 2. The average Bonchev–Trinajstić information content (AvgIpc) is 3.75. The van der Waals surface area contributed by atoms with Crippen LogP contribution in [-0.4, -0.2) is 56.9 Å². The van der Waals surface area contributed by atoms with Crippen LogP contribution in [-0.2, 0) is 26.2 Å². The van der Waals surface area contributed by atoms with Crippen molar-refractivity contribution in [3.05, 3.63) is 140 Å². The van der Waals surface area contributed by atoms with E-state index in [1.165, 1.54) is 10.8 Å². The number of rotatable bonds is 10. The second-order valence-corrected chi connectivity index (χ2v) is 13.5. The number of aryl methyl sites for hydroxylation is 2. The zero-order valence-electron chi connectivity index (χ0n) is 29.6. The molecule has 55 heavy (non-hydrogen) atoms. The first-order valence-electron chi connectivity index (χ1n) is 16.7. The number of nitrogen functional groups attached to an aromatic ring is 1. The van der Waals surface area contributed by atoms with Crippen molar-refractivity contribution in [2.24, 2.45) is 11.5 Å². The highest BCUT2D eigenvalue weighted by molar-refractivity contribution is 6.31. The van der Waals surface area contributed by atoms with Gasteiger partial charge in [-0.15, -0.1) is 0 Å². The van der Waals surface area contributed by atoms with Crippen molar-refractivity contribution in [2.75, 3.05) is 5.73 Å². The van der Waals surface area contributed by atoms with Crippen molar-refractivity contribution >= 4 is 68.6 Å². The van der Waals surface area contributed by atoms with Crippen LogP contribution in [0.15, 0.2) is 79.4 Å². The second kappa shape index (κ2) is 16.3. The Labute approximate surface area is 324 Å². The number of anilines is 1. The smallest absolute Gasteiger partial charge is 0.356 e. The largest absolute Gasteiger partial charge is 0.476 e. The molecule has 0 fully saturated rings. The summed E-state index contributed by atoms with van der Waals surface area (Å²) in [4.78, 5) is 56.1. The molecule has 17 heteroatoms. The number of hydrogen-bond donors (Lipinski definition) is 5. The molecule has 5 heterocycles. The summed E-state index contributed by atoms with van der Waals surface area (Å²) >= 11 is 12.0. The number of pyridine rings is 3. The molecule has 0 radical (unpaired) electrons. The summed E-state index contributed by atoms with van der Waals surface area (Å²) in [5, 5.41) is 14.8. The molecular formula is C38H35Cl2N11O4. The van der Waals surface area contributed by atoms with Crippen LogP contribution in [0.25, 0.3) is 21.8 Å². The summed E-state index contributed by atoms with van der Waals surface area (Å²) in [7, 11) is 0. The fourth-order valence-corrected chi connectivity index (χ4v) is 6.35. The van der Waals surface area contributed by atoms with Crippen LogP contribution in [0.3, 0.4) is 0 Å². The number of carbonyl (C=O) groups is 3. The number of aromatic carboxylic acids is 1. The van der Waals surface area contributed by atoms with E-state index in [0.29, 0.717) is 40.5 Å². The molecule has 280 valence electrons.